The third-order valence-electron chi connectivity index (χ3n) is 2.55. The first-order valence-corrected chi connectivity index (χ1v) is 6.49. The molecule has 1 aromatic carbocycles. The van der Waals surface area contributed by atoms with Gasteiger partial charge in [0.05, 0.1) is 11.3 Å². The number of hydrogen-bond donors (Lipinski definition) is 1. The molecule has 1 heterocycles. The standard InChI is InChI=1S/C14H13BrN2O2/c1-9(18)13-6-11(16)3-5-14(13)19-8-12-4-2-10(15)7-17-12/h2-7H,8,16H2,1H3. The van der Waals surface area contributed by atoms with Gasteiger partial charge in [-0.25, -0.2) is 0 Å². The molecule has 2 rings (SSSR count). The summed E-state index contributed by atoms with van der Waals surface area (Å²) in [6.45, 7) is 1.79. The molecule has 98 valence electrons. The minimum absolute atomic E-state index is 0.0777. The lowest BCUT2D eigenvalue weighted by molar-refractivity contribution is 0.101. The number of Topliss-reactive ketones (excluding diaryl/α,β-unsaturated/α-hetero) is 1. The van der Waals surface area contributed by atoms with E-state index in [0.717, 1.165) is 10.2 Å². The van der Waals surface area contributed by atoms with Gasteiger partial charge in [-0.15, -0.1) is 0 Å². The summed E-state index contributed by atoms with van der Waals surface area (Å²) in [5.41, 5.74) is 7.47. The summed E-state index contributed by atoms with van der Waals surface area (Å²) in [7, 11) is 0. The van der Waals surface area contributed by atoms with Gasteiger partial charge in [0, 0.05) is 16.4 Å². The molecule has 0 amide bonds. The summed E-state index contributed by atoms with van der Waals surface area (Å²) < 4.78 is 6.54. The van der Waals surface area contributed by atoms with E-state index >= 15 is 0 Å². The second-order valence-electron chi connectivity index (χ2n) is 4.07. The van der Waals surface area contributed by atoms with Crippen LogP contribution in [-0.2, 0) is 6.61 Å². The Bertz CT molecular complexity index is 597. The van der Waals surface area contributed by atoms with Crippen molar-refractivity contribution in [1.82, 2.24) is 4.98 Å². The highest BCUT2D eigenvalue weighted by Crippen LogP contribution is 2.23. The van der Waals surface area contributed by atoms with Gasteiger partial charge < -0.3 is 10.5 Å². The number of aromatic nitrogens is 1. The van der Waals surface area contributed by atoms with Crippen LogP contribution in [0.3, 0.4) is 0 Å². The zero-order chi connectivity index (χ0) is 13.8. The van der Waals surface area contributed by atoms with E-state index < -0.39 is 0 Å². The largest absolute Gasteiger partial charge is 0.487 e. The summed E-state index contributed by atoms with van der Waals surface area (Å²) in [5.74, 6) is 0.442. The lowest BCUT2D eigenvalue weighted by atomic mass is 10.1. The van der Waals surface area contributed by atoms with Crippen molar-refractivity contribution >= 4 is 27.4 Å². The molecule has 0 atom stereocenters. The predicted molar refractivity (Wildman–Crippen MR) is 77.1 cm³/mol. The molecule has 0 unspecified atom stereocenters. The Labute approximate surface area is 119 Å². The minimum Gasteiger partial charge on any atom is -0.487 e. The monoisotopic (exact) mass is 320 g/mol. The second kappa shape index (κ2) is 5.84. The topological polar surface area (TPSA) is 65.2 Å². The van der Waals surface area contributed by atoms with Gasteiger partial charge in [-0.3, -0.25) is 9.78 Å². The van der Waals surface area contributed by atoms with Crippen molar-refractivity contribution in [1.29, 1.82) is 0 Å². The summed E-state index contributed by atoms with van der Waals surface area (Å²) in [6.07, 6.45) is 1.70. The van der Waals surface area contributed by atoms with Crippen LogP contribution in [0.4, 0.5) is 5.69 Å². The van der Waals surface area contributed by atoms with Crippen LogP contribution in [0, 0.1) is 0 Å². The lowest BCUT2D eigenvalue weighted by Gasteiger charge is -2.10. The number of nitrogens with two attached hydrogens (primary N) is 1. The number of carbonyl (C=O) groups excluding carboxylic acids is 1. The first-order chi connectivity index (χ1) is 9.06. The van der Waals surface area contributed by atoms with Gasteiger partial charge in [-0.2, -0.15) is 0 Å². The first-order valence-electron chi connectivity index (χ1n) is 5.70. The number of rotatable bonds is 4. The van der Waals surface area contributed by atoms with Crippen molar-refractivity contribution in [3.05, 3.63) is 52.3 Å². The third-order valence-corrected chi connectivity index (χ3v) is 3.02. The number of nitrogens with zero attached hydrogens (tertiary/aromatic N) is 1. The zero-order valence-corrected chi connectivity index (χ0v) is 12.0. The fraction of sp³-hybridized carbons (Fsp3) is 0.143. The van der Waals surface area contributed by atoms with Gasteiger partial charge in [-0.05, 0) is 53.2 Å². The number of anilines is 1. The molecule has 4 nitrogen and oxygen atoms in total. The molecule has 0 radical (unpaired) electrons. The lowest BCUT2D eigenvalue weighted by Crippen LogP contribution is -2.03. The van der Waals surface area contributed by atoms with Crippen molar-refractivity contribution in [2.45, 2.75) is 13.5 Å². The van der Waals surface area contributed by atoms with E-state index in [1.807, 2.05) is 12.1 Å². The molecular formula is C14H13BrN2O2. The molecule has 0 spiro atoms. The number of carbonyl (C=O) groups is 1. The highest BCUT2D eigenvalue weighted by Gasteiger charge is 2.09. The fourth-order valence-corrected chi connectivity index (χ4v) is 1.83. The van der Waals surface area contributed by atoms with E-state index in [0.29, 0.717) is 23.6 Å². The highest BCUT2D eigenvalue weighted by molar-refractivity contribution is 9.10. The van der Waals surface area contributed by atoms with Crippen molar-refractivity contribution in [3.63, 3.8) is 0 Å². The van der Waals surface area contributed by atoms with Crippen molar-refractivity contribution < 1.29 is 9.53 Å². The van der Waals surface area contributed by atoms with Gasteiger partial charge >= 0.3 is 0 Å². The third kappa shape index (κ3) is 3.54. The SMILES string of the molecule is CC(=O)c1cc(N)ccc1OCc1ccc(Br)cn1. The Morgan fingerprint density at radius 2 is 2.16 bits per heavy atom. The molecule has 2 aromatic rings. The van der Waals surface area contributed by atoms with Gasteiger partial charge in [0.1, 0.15) is 12.4 Å². The smallest absolute Gasteiger partial charge is 0.163 e. The Balaban J connectivity index is 2.15. The van der Waals surface area contributed by atoms with Gasteiger partial charge in [0.25, 0.3) is 0 Å². The van der Waals surface area contributed by atoms with Crippen LogP contribution in [0.2, 0.25) is 0 Å². The highest BCUT2D eigenvalue weighted by atomic mass is 79.9. The second-order valence-corrected chi connectivity index (χ2v) is 4.98. The van der Waals surface area contributed by atoms with Crippen LogP contribution >= 0.6 is 15.9 Å². The summed E-state index contributed by atoms with van der Waals surface area (Å²) in [6, 6.07) is 8.77. The number of halogens is 1. The molecule has 0 saturated heterocycles. The maximum atomic E-state index is 11.5. The fourth-order valence-electron chi connectivity index (χ4n) is 1.59. The molecule has 19 heavy (non-hydrogen) atoms. The van der Waals surface area contributed by atoms with E-state index in [4.69, 9.17) is 10.5 Å². The molecule has 0 aliphatic rings. The average molecular weight is 321 g/mol. The molecule has 1 aromatic heterocycles. The number of ether oxygens (including phenoxy) is 1. The number of benzene rings is 1. The van der Waals surface area contributed by atoms with Crippen LogP contribution < -0.4 is 10.5 Å². The zero-order valence-electron chi connectivity index (χ0n) is 10.4. The molecule has 2 N–H and O–H groups in total. The van der Waals surface area contributed by atoms with E-state index in [2.05, 4.69) is 20.9 Å². The van der Waals surface area contributed by atoms with Crippen LogP contribution in [0.25, 0.3) is 0 Å². The summed E-state index contributed by atoms with van der Waals surface area (Å²) >= 11 is 3.32. The van der Waals surface area contributed by atoms with Crippen molar-refractivity contribution in [2.24, 2.45) is 0 Å². The van der Waals surface area contributed by atoms with Crippen molar-refractivity contribution in [2.75, 3.05) is 5.73 Å². The van der Waals surface area contributed by atoms with Crippen molar-refractivity contribution in [3.8, 4) is 5.75 Å². The van der Waals surface area contributed by atoms with Crippen LogP contribution in [0.1, 0.15) is 23.0 Å². The van der Waals surface area contributed by atoms with Gasteiger partial charge in [-0.1, -0.05) is 0 Å². The van der Waals surface area contributed by atoms with E-state index in [9.17, 15) is 4.79 Å². The summed E-state index contributed by atoms with van der Waals surface area (Å²) in [4.78, 5) is 15.7. The van der Waals surface area contributed by atoms with E-state index in [1.54, 1.807) is 24.4 Å². The number of pyridine rings is 1. The average Bonchev–Trinajstić information content (AvgIpc) is 2.39. The maximum absolute atomic E-state index is 11.5. The molecule has 0 aliphatic carbocycles. The quantitative estimate of drug-likeness (QED) is 0.694. The molecule has 0 aliphatic heterocycles. The maximum Gasteiger partial charge on any atom is 0.163 e. The number of nitrogen functional groups attached to an aromatic ring is 1. The Hall–Kier alpha value is -1.88. The van der Waals surface area contributed by atoms with E-state index in [-0.39, 0.29) is 5.78 Å². The van der Waals surface area contributed by atoms with Gasteiger partial charge in [0.2, 0.25) is 0 Å². The van der Waals surface area contributed by atoms with Crippen LogP contribution in [0.5, 0.6) is 5.75 Å². The summed E-state index contributed by atoms with van der Waals surface area (Å²) in [5, 5.41) is 0. The minimum atomic E-state index is -0.0777. The molecular weight excluding hydrogens is 308 g/mol. The normalized spacial score (nSPS) is 10.2. The number of hydrogen-bond acceptors (Lipinski definition) is 4. The molecule has 0 fully saturated rings. The first kappa shape index (κ1) is 13.5. The number of ketones is 1. The van der Waals surface area contributed by atoms with Gasteiger partial charge in [0.15, 0.2) is 5.78 Å². The van der Waals surface area contributed by atoms with E-state index in [1.165, 1.54) is 6.92 Å². The molecule has 0 bridgehead atoms. The van der Waals surface area contributed by atoms with Crippen LogP contribution in [-0.4, -0.2) is 10.8 Å². The Kier molecular flexibility index (Phi) is 4.16. The predicted octanol–water partition coefficient (Wildman–Crippen LogP) is 3.21. The Morgan fingerprint density at radius 1 is 1.37 bits per heavy atom. The molecule has 5 heteroatoms. The Morgan fingerprint density at radius 3 is 2.79 bits per heavy atom. The molecule has 0 saturated carbocycles. The van der Waals surface area contributed by atoms with Crippen LogP contribution in [0.15, 0.2) is 41.0 Å².